The molecular weight excluding hydrogens is 766 g/mol. The van der Waals surface area contributed by atoms with E-state index in [9.17, 15) is 19.2 Å². The van der Waals surface area contributed by atoms with Gasteiger partial charge in [-0.1, -0.05) is 104 Å². The minimum atomic E-state index is -0.738. The number of hydrogen-bond acceptors (Lipinski definition) is 5. The van der Waals surface area contributed by atoms with Crippen molar-refractivity contribution in [3.8, 4) is 0 Å². The second-order valence-corrected chi connectivity index (χ2v) is 13.6. The van der Waals surface area contributed by atoms with Crippen LogP contribution in [0.5, 0.6) is 0 Å². The molecule has 0 radical (unpaired) electrons. The minimum Gasteiger partial charge on any atom is -0.368 e. The van der Waals surface area contributed by atoms with Gasteiger partial charge in [-0.3, -0.25) is 29.2 Å². The molecule has 288 valence electrons. The molecule has 3 amide bonds. The molecule has 0 saturated carbocycles. The van der Waals surface area contributed by atoms with Crippen molar-refractivity contribution in [3.05, 3.63) is 143 Å². The highest BCUT2D eigenvalue weighted by Crippen LogP contribution is 2.41. The van der Waals surface area contributed by atoms with E-state index in [1.807, 2.05) is 84.9 Å². The molecule has 4 atom stereocenters. The second-order valence-electron chi connectivity index (χ2n) is 12.7. The van der Waals surface area contributed by atoms with Gasteiger partial charge in [0.1, 0.15) is 11.9 Å². The number of aromatic nitrogens is 2. The number of nitrogens with two attached hydrogens (primary N) is 2. The first-order valence-electron chi connectivity index (χ1n) is 16.9. The van der Waals surface area contributed by atoms with Gasteiger partial charge in [-0.2, -0.15) is 0 Å². The van der Waals surface area contributed by atoms with Crippen LogP contribution in [0.3, 0.4) is 0 Å². The third kappa shape index (κ3) is 9.03. The molecule has 0 aliphatic carbocycles. The molecule has 55 heavy (non-hydrogen) atoms. The van der Waals surface area contributed by atoms with E-state index in [4.69, 9.17) is 46.3 Å². The van der Waals surface area contributed by atoms with E-state index in [1.165, 1.54) is 15.8 Å². The number of nitrogens with zero attached hydrogens (tertiary/aromatic N) is 1. The van der Waals surface area contributed by atoms with E-state index in [2.05, 4.69) is 39.6 Å². The zero-order chi connectivity index (χ0) is 37.6. The Bertz CT molecular complexity index is 2270. The van der Waals surface area contributed by atoms with Gasteiger partial charge in [0.15, 0.2) is 0 Å². The summed E-state index contributed by atoms with van der Waals surface area (Å²) in [7, 11) is 0. The molecule has 0 bridgehead atoms. The van der Waals surface area contributed by atoms with Crippen LogP contribution in [0.25, 0.3) is 21.8 Å². The van der Waals surface area contributed by atoms with Crippen molar-refractivity contribution in [1.29, 1.82) is 0 Å². The molecule has 0 spiro atoms. The zero-order valence-electron chi connectivity index (χ0n) is 28.8. The fourth-order valence-corrected chi connectivity index (χ4v) is 7.34. The van der Waals surface area contributed by atoms with Crippen LogP contribution >= 0.6 is 34.8 Å². The van der Waals surface area contributed by atoms with Gasteiger partial charge in [0, 0.05) is 39.6 Å². The number of carbonyl (C=O) groups is 4. The summed E-state index contributed by atoms with van der Waals surface area (Å²) in [6.45, 7) is 0. The Morgan fingerprint density at radius 2 is 1.13 bits per heavy atom. The second kappa shape index (κ2) is 18.9. The number of benzene rings is 4. The van der Waals surface area contributed by atoms with Crippen LogP contribution < -0.4 is 16.8 Å². The summed E-state index contributed by atoms with van der Waals surface area (Å²) in [6, 6.07) is 34.3. The summed E-state index contributed by atoms with van der Waals surface area (Å²) in [6.07, 6.45) is 0.999. The van der Waals surface area contributed by atoms with E-state index in [0.717, 1.165) is 44.5 Å². The van der Waals surface area contributed by atoms with E-state index in [1.54, 1.807) is 0 Å². The summed E-state index contributed by atoms with van der Waals surface area (Å²) < 4.78 is 0. The average molecular weight is 808 g/mol. The van der Waals surface area contributed by atoms with Crippen molar-refractivity contribution in [2.45, 2.75) is 44.4 Å². The van der Waals surface area contributed by atoms with Crippen molar-refractivity contribution in [2.24, 2.45) is 11.5 Å². The quantitative estimate of drug-likeness (QED) is 0.0924. The highest BCUT2D eigenvalue weighted by molar-refractivity contribution is 6.67. The van der Waals surface area contributed by atoms with Gasteiger partial charge < -0.3 is 26.3 Å². The normalized spacial score (nSPS) is 18.1. The summed E-state index contributed by atoms with van der Waals surface area (Å²) in [5.74, 6) is -1.45. The molecule has 4 aromatic carbocycles. The van der Waals surface area contributed by atoms with Gasteiger partial charge in [0.05, 0.1) is 24.0 Å². The number of alkyl halides is 2. The SMILES string of the molecule is C.F.NC(=O)[C@@H]1Cc2c([nH]c3ccccc23)C(c2ccccc2)N1.NC(=O)[C@@H]1Cc2c([nH]c3ccccc23)C(c2ccccc2)N1C(=O)CCl.O=C(Cl)CCl. The van der Waals surface area contributed by atoms with Crippen LogP contribution in [0.15, 0.2) is 109 Å². The molecule has 2 unspecified atom stereocenters. The lowest BCUT2D eigenvalue weighted by Gasteiger charge is -2.40. The Labute approximate surface area is 332 Å². The largest absolute Gasteiger partial charge is 0.368 e. The molecule has 2 aromatic heterocycles. The Kier molecular flexibility index (Phi) is 14.6. The minimum absolute atomic E-state index is 0. The lowest BCUT2D eigenvalue weighted by atomic mass is 9.87. The van der Waals surface area contributed by atoms with Crippen molar-refractivity contribution < 1.29 is 23.9 Å². The first-order chi connectivity index (χ1) is 25.6. The Balaban J connectivity index is 0.000000213. The molecule has 0 saturated heterocycles. The van der Waals surface area contributed by atoms with E-state index < -0.39 is 23.2 Å². The van der Waals surface area contributed by atoms with Crippen molar-refractivity contribution in [3.63, 3.8) is 0 Å². The highest BCUT2D eigenvalue weighted by atomic mass is 35.5. The third-order valence-electron chi connectivity index (χ3n) is 9.47. The maximum atomic E-state index is 12.7. The van der Waals surface area contributed by atoms with Gasteiger partial charge in [-0.15, -0.1) is 23.2 Å². The Morgan fingerprint density at radius 3 is 1.62 bits per heavy atom. The molecule has 2 aliphatic rings. The molecule has 14 heteroatoms. The molecule has 10 nitrogen and oxygen atoms in total. The zero-order valence-corrected chi connectivity index (χ0v) is 31.1. The fraction of sp³-hybridized carbons (Fsp3) is 0.220. The van der Waals surface area contributed by atoms with Gasteiger partial charge in [0.2, 0.25) is 23.0 Å². The Morgan fingerprint density at radius 1 is 0.655 bits per heavy atom. The number of halogens is 4. The lowest BCUT2D eigenvalue weighted by Crippen LogP contribution is -2.54. The van der Waals surface area contributed by atoms with Gasteiger partial charge in [-0.05, 0) is 52.4 Å². The molecular formula is C41H42Cl3FN6O4. The predicted octanol–water partition coefficient (Wildman–Crippen LogP) is 6.77. The number of amides is 3. The first kappa shape index (κ1) is 42.5. The van der Waals surface area contributed by atoms with E-state index in [-0.39, 0.29) is 47.8 Å². The number of H-pyrrole nitrogens is 2. The Hall–Kier alpha value is -5.20. The van der Waals surface area contributed by atoms with Gasteiger partial charge in [0.25, 0.3) is 0 Å². The van der Waals surface area contributed by atoms with E-state index in [0.29, 0.717) is 12.8 Å². The number of nitrogens with one attached hydrogen (secondary N) is 3. The molecule has 7 N–H and O–H groups in total. The van der Waals surface area contributed by atoms with Crippen molar-refractivity contribution >= 4 is 79.6 Å². The third-order valence-corrected chi connectivity index (χ3v) is 10.2. The molecule has 6 aromatic rings. The number of primary amides is 2. The summed E-state index contributed by atoms with van der Waals surface area (Å²) in [5, 5.41) is 5.09. The van der Waals surface area contributed by atoms with Crippen molar-refractivity contribution in [2.75, 3.05) is 11.8 Å². The number of fused-ring (bicyclic) bond motifs is 6. The fourth-order valence-electron chi connectivity index (χ4n) is 7.20. The molecule has 4 heterocycles. The van der Waals surface area contributed by atoms with Crippen LogP contribution in [0.2, 0.25) is 0 Å². The average Bonchev–Trinajstić information content (AvgIpc) is 3.76. The maximum absolute atomic E-state index is 12.7. The highest BCUT2D eigenvalue weighted by Gasteiger charge is 2.42. The molecule has 2 aliphatic heterocycles. The number of aromatic amines is 2. The van der Waals surface area contributed by atoms with Crippen LogP contribution in [-0.4, -0.2) is 61.7 Å². The number of hydrogen-bond donors (Lipinski definition) is 5. The van der Waals surface area contributed by atoms with Gasteiger partial charge in [-0.25, -0.2) is 0 Å². The summed E-state index contributed by atoms with van der Waals surface area (Å²) >= 11 is 15.4. The number of para-hydroxylation sites is 2. The summed E-state index contributed by atoms with van der Waals surface area (Å²) in [5.41, 5.74) is 19.6. The van der Waals surface area contributed by atoms with E-state index >= 15 is 0 Å². The smallest absolute Gasteiger partial charge is 0.240 e. The lowest BCUT2D eigenvalue weighted by molar-refractivity contribution is -0.140. The predicted molar refractivity (Wildman–Crippen MR) is 218 cm³/mol. The number of rotatable bonds is 6. The monoisotopic (exact) mass is 806 g/mol. The molecule has 8 rings (SSSR count). The topological polar surface area (TPSA) is 167 Å². The summed E-state index contributed by atoms with van der Waals surface area (Å²) in [4.78, 5) is 54.5. The number of carbonyl (C=O) groups excluding carboxylic acids is 4. The van der Waals surface area contributed by atoms with Crippen LogP contribution in [0, 0.1) is 0 Å². The standard InChI is InChI=1S/C20H18ClN3O2.C18H17N3O.C2H2Cl2O.CH4.FH/c21-11-17(25)24-16(20(22)26)10-14-13-8-4-5-9-15(13)23-18(14)19(24)12-6-2-1-3-7-12;19-18(22)15-10-13-12-8-4-5-9-14(12)20-17(13)16(21-15)11-6-2-1-3-7-11;3-1-2(4)5;;/h1-9,16,19,23H,10-11H2,(H2,22,26);1-9,15-16,20-21H,10H2,(H2,19,22);1H2;1H4;1H/t16-,19?;15-,16?;;;/m00.../s1. The maximum Gasteiger partial charge on any atom is 0.240 e. The van der Waals surface area contributed by atoms with Gasteiger partial charge >= 0.3 is 0 Å². The molecule has 0 fully saturated rings. The first-order valence-corrected chi connectivity index (χ1v) is 18.3. The van der Waals surface area contributed by atoms with Crippen LogP contribution in [0.1, 0.15) is 53.2 Å². The van der Waals surface area contributed by atoms with Crippen molar-refractivity contribution in [1.82, 2.24) is 20.2 Å². The van der Waals surface area contributed by atoms with Crippen LogP contribution in [-0.2, 0) is 32.0 Å². The van der Waals surface area contributed by atoms with Crippen LogP contribution in [0.4, 0.5) is 4.70 Å².